The number of anilines is 3. The van der Waals surface area contributed by atoms with Crippen molar-refractivity contribution in [2.75, 3.05) is 10.6 Å². The molecule has 3 N–H and O–H groups in total. The molecule has 0 saturated carbocycles. The SMILES string of the molecule is CCCC(=O)Nc1ccc(Sc2cc3nccn3c(Nc3cc(C)[nH]n3)n2)cc1. The van der Waals surface area contributed by atoms with Gasteiger partial charge in [-0.05, 0) is 37.6 Å². The number of amides is 1. The van der Waals surface area contributed by atoms with Crippen molar-refractivity contribution < 1.29 is 4.79 Å². The van der Waals surface area contributed by atoms with Crippen molar-refractivity contribution in [2.24, 2.45) is 0 Å². The average Bonchev–Trinajstić information content (AvgIpc) is 3.32. The highest BCUT2D eigenvalue weighted by atomic mass is 32.2. The van der Waals surface area contributed by atoms with Crippen molar-refractivity contribution in [1.82, 2.24) is 24.6 Å². The van der Waals surface area contributed by atoms with Crippen LogP contribution < -0.4 is 10.6 Å². The van der Waals surface area contributed by atoms with Crippen LogP contribution in [0.3, 0.4) is 0 Å². The normalized spacial score (nSPS) is 11.0. The van der Waals surface area contributed by atoms with E-state index in [0.717, 1.165) is 33.4 Å². The number of imidazole rings is 1. The number of carbonyl (C=O) groups is 1. The van der Waals surface area contributed by atoms with Crippen LogP contribution in [0.25, 0.3) is 5.65 Å². The van der Waals surface area contributed by atoms with E-state index in [9.17, 15) is 4.79 Å². The molecule has 0 aliphatic heterocycles. The predicted molar refractivity (Wildman–Crippen MR) is 114 cm³/mol. The van der Waals surface area contributed by atoms with Gasteiger partial charge in [-0.25, -0.2) is 9.97 Å². The van der Waals surface area contributed by atoms with Gasteiger partial charge >= 0.3 is 0 Å². The zero-order chi connectivity index (χ0) is 20.2. The fourth-order valence-corrected chi connectivity index (χ4v) is 3.63. The molecule has 1 amide bonds. The van der Waals surface area contributed by atoms with Gasteiger partial charge in [0.15, 0.2) is 5.82 Å². The summed E-state index contributed by atoms with van der Waals surface area (Å²) in [5.74, 6) is 1.36. The highest BCUT2D eigenvalue weighted by Gasteiger charge is 2.10. The maximum Gasteiger partial charge on any atom is 0.224 e. The van der Waals surface area contributed by atoms with Crippen LogP contribution in [-0.2, 0) is 4.79 Å². The summed E-state index contributed by atoms with van der Waals surface area (Å²) in [6.45, 7) is 3.93. The number of aromatic nitrogens is 5. The topological polar surface area (TPSA) is 100 Å². The first kappa shape index (κ1) is 19.0. The van der Waals surface area contributed by atoms with E-state index in [-0.39, 0.29) is 5.91 Å². The Bertz CT molecular complexity index is 1130. The summed E-state index contributed by atoms with van der Waals surface area (Å²) in [6.07, 6.45) is 4.94. The van der Waals surface area contributed by atoms with E-state index in [1.165, 1.54) is 11.8 Å². The van der Waals surface area contributed by atoms with Gasteiger partial charge in [-0.15, -0.1) is 0 Å². The van der Waals surface area contributed by atoms with Crippen molar-refractivity contribution in [3.63, 3.8) is 0 Å². The predicted octanol–water partition coefficient (Wildman–Crippen LogP) is 4.39. The molecule has 3 aromatic heterocycles. The molecule has 0 aliphatic carbocycles. The fraction of sp³-hybridized carbons (Fsp3) is 0.200. The summed E-state index contributed by atoms with van der Waals surface area (Å²) in [6, 6.07) is 11.6. The second-order valence-electron chi connectivity index (χ2n) is 6.56. The molecule has 0 radical (unpaired) electrons. The van der Waals surface area contributed by atoms with Gasteiger partial charge in [-0.2, -0.15) is 5.10 Å². The summed E-state index contributed by atoms with van der Waals surface area (Å²) >= 11 is 1.53. The largest absolute Gasteiger partial charge is 0.326 e. The third kappa shape index (κ3) is 4.57. The summed E-state index contributed by atoms with van der Waals surface area (Å²) in [5, 5.41) is 14.1. The minimum Gasteiger partial charge on any atom is -0.326 e. The Hall–Kier alpha value is -3.33. The van der Waals surface area contributed by atoms with E-state index in [1.54, 1.807) is 6.20 Å². The van der Waals surface area contributed by atoms with Crippen molar-refractivity contribution in [3.05, 3.63) is 54.5 Å². The van der Waals surface area contributed by atoms with Gasteiger partial charge in [-0.3, -0.25) is 14.3 Å². The van der Waals surface area contributed by atoms with Crippen LogP contribution in [0.5, 0.6) is 0 Å². The number of hydrogen-bond acceptors (Lipinski definition) is 6. The molecule has 8 nitrogen and oxygen atoms in total. The van der Waals surface area contributed by atoms with E-state index < -0.39 is 0 Å². The first-order valence-corrected chi connectivity index (χ1v) is 10.1. The lowest BCUT2D eigenvalue weighted by Gasteiger charge is -2.09. The molecule has 3 heterocycles. The number of aryl methyl sites for hydroxylation is 1. The van der Waals surface area contributed by atoms with Crippen LogP contribution in [0.1, 0.15) is 25.5 Å². The monoisotopic (exact) mass is 407 g/mol. The molecule has 0 atom stereocenters. The van der Waals surface area contributed by atoms with Gasteiger partial charge in [-0.1, -0.05) is 18.7 Å². The van der Waals surface area contributed by atoms with Crippen LogP contribution in [-0.4, -0.2) is 30.5 Å². The van der Waals surface area contributed by atoms with Gasteiger partial charge < -0.3 is 10.6 Å². The second kappa shape index (κ2) is 8.36. The molecule has 148 valence electrons. The molecule has 4 rings (SSSR count). The van der Waals surface area contributed by atoms with Gasteiger partial charge in [0, 0.05) is 47.2 Å². The van der Waals surface area contributed by atoms with Crippen LogP contribution in [0.2, 0.25) is 0 Å². The van der Waals surface area contributed by atoms with Gasteiger partial charge in [0.1, 0.15) is 10.7 Å². The summed E-state index contributed by atoms with van der Waals surface area (Å²) in [7, 11) is 0. The summed E-state index contributed by atoms with van der Waals surface area (Å²) in [4.78, 5) is 21.8. The average molecular weight is 408 g/mol. The van der Waals surface area contributed by atoms with E-state index >= 15 is 0 Å². The number of H-pyrrole nitrogens is 1. The van der Waals surface area contributed by atoms with Crippen LogP contribution in [0, 0.1) is 6.92 Å². The zero-order valence-corrected chi connectivity index (χ0v) is 17.0. The van der Waals surface area contributed by atoms with Gasteiger partial charge in [0.2, 0.25) is 11.9 Å². The van der Waals surface area contributed by atoms with E-state index in [1.807, 2.05) is 60.8 Å². The molecule has 0 aliphatic rings. The number of hydrogen-bond donors (Lipinski definition) is 3. The van der Waals surface area contributed by atoms with Crippen LogP contribution >= 0.6 is 11.8 Å². The first-order valence-electron chi connectivity index (χ1n) is 9.31. The summed E-state index contributed by atoms with van der Waals surface area (Å²) in [5.41, 5.74) is 2.55. The molecule has 29 heavy (non-hydrogen) atoms. The van der Waals surface area contributed by atoms with Crippen LogP contribution in [0.15, 0.2) is 58.7 Å². The molecule has 0 saturated heterocycles. The number of fused-ring (bicyclic) bond motifs is 1. The molecule has 0 spiro atoms. The van der Waals surface area contributed by atoms with Gasteiger partial charge in [0.05, 0.1) is 0 Å². The Kier molecular flexibility index (Phi) is 5.48. The summed E-state index contributed by atoms with van der Waals surface area (Å²) < 4.78 is 1.88. The Morgan fingerprint density at radius 1 is 1.24 bits per heavy atom. The standard InChI is InChI=1S/C20H21N7OS/c1-3-4-18(28)22-14-5-7-15(8-6-14)29-19-12-17-21-9-10-27(17)20(24-19)23-16-11-13(2)25-26-16/h5-12H,3-4H2,1-2H3,(H,22,28)(H2,23,24,25,26). The molecule has 0 unspecified atom stereocenters. The third-order valence-corrected chi connectivity index (χ3v) is 5.08. The fourth-order valence-electron chi connectivity index (χ4n) is 2.82. The van der Waals surface area contributed by atoms with Crippen molar-refractivity contribution in [3.8, 4) is 0 Å². The molecular weight excluding hydrogens is 386 g/mol. The maximum atomic E-state index is 11.7. The number of aromatic amines is 1. The maximum absolute atomic E-state index is 11.7. The van der Waals surface area contributed by atoms with E-state index in [4.69, 9.17) is 4.98 Å². The minimum absolute atomic E-state index is 0.0312. The smallest absolute Gasteiger partial charge is 0.224 e. The third-order valence-electron chi connectivity index (χ3n) is 4.15. The van der Waals surface area contributed by atoms with Gasteiger partial charge in [0.25, 0.3) is 0 Å². The molecule has 0 bridgehead atoms. The van der Waals surface area contributed by atoms with Crippen molar-refractivity contribution >= 4 is 40.8 Å². The lowest BCUT2D eigenvalue weighted by molar-refractivity contribution is -0.116. The van der Waals surface area contributed by atoms with E-state index in [2.05, 4.69) is 25.8 Å². The minimum atomic E-state index is 0.0312. The number of carbonyl (C=O) groups excluding carboxylic acids is 1. The molecular formula is C20H21N7OS. The Labute approximate surface area is 172 Å². The quantitative estimate of drug-likeness (QED) is 0.393. The number of nitrogens with one attached hydrogen (secondary N) is 3. The Balaban J connectivity index is 1.54. The molecule has 0 fully saturated rings. The zero-order valence-electron chi connectivity index (χ0n) is 16.1. The van der Waals surface area contributed by atoms with Crippen molar-refractivity contribution in [2.45, 2.75) is 36.6 Å². The number of nitrogens with zero attached hydrogens (tertiary/aromatic N) is 4. The highest BCUT2D eigenvalue weighted by Crippen LogP contribution is 2.29. The molecule has 4 aromatic rings. The van der Waals surface area contributed by atoms with Crippen LogP contribution in [0.4, 0.5) is 17.5 Å². The lowest BCUT2D eigenvalue weighted by atomic mass is 10.3. The highest BCUT2D eigenvalue weighted by molar-refractivity contribution is 7.99. The number of rotatable bonds is 7. The first-order chi connectivity index (χ1) is 14.1. The number of benzene rings is 1. The second-order valence-corrected chi connectivity index (χ2v) is 7.65. The van der Waals surface area contributed by atoms with E-state index in [0.29, 0.717) is 18.2 Å². The van der Waals surface area contributed by atoms with Crippen molar-refractivity contribution in [1.29, 1.82) is 0 Å². The lowest BCUT2D eigenvalue weighted by Crippen LogP contribution is -2.10. The molecule has 1 aromatic carbocycles. The Morgan fingerprint density at radius 2 is 2.07 bits per heavy atom. The molecule has 9 heteroatoms. The Morgan fingerprint density at radius 3 is 2.79 bits per heavy atom.